The van der Waals surface area contributed by atoms with E-state index in [9.17, 15) is 0 Å². The number of nitrogens with zero attached hydrogens (tertiary/aromatic N) is 2. The smallest absolute Gasteiger partial charge is 0.0470 e. The molecule has 90 valence electrons. The molecule has 2 N–H and O–H groups in total. The summed E-state index contributed by atoms with van der Waals surface area (Å²) in [7, 11) is 4.37. The average Bonchev–Trinajstić information content (AvgIpc) is 2.88. The molecule has 0 amide bonds. The fraction of sp³-hybridized carbons (Fsp3) is 0.667. The summed E-state index contributed by atoms with van der Waals surface area (Å²) >= 11 is 1.76. The predicted octanol–water partition coefficient (Wildman–Crippen LogP) is 1.21. The fourth-order valence-electron chi connectivity index (χ4n) is 2.52. The van der Waals surface area contributed by atoms with Gasteiger partial charge in [-0.05, 0) is 49.5 Å². The molecule has 1 fully saturated rings. The van der Waals surface area contributed by atoms with E-state index in [0.29, 0.717) is 0 Å². The van der Waals surface area contributed by atoms with Crippen molar-refractivity contribution in [2.75, 3.05) is 33.7 Å². The standard InChI is InChI=1S/C12H21N3S/c1-14-5-4-12(9-13,10-14)15(2)7-11-3-6-16-8-11/h3,6,8H,4-5,7,9-10,13H2,1-2H3. The first-order chi connectivity index (χ1) is 7.66. The maximum atomic E-state index is 6.00. The van der Waals surface area contributed by atoms with Crippen LogP contribution in [0.15, 0.2) is 16.8 Å². The Morgan fingerprint density at radius 2 is 2.44 bits per heavy atom. The lowest BCUT2D eigenvalue weighted by molar-refractivity contribution is 0.126. The third-order valence-corrected chi connectivity index (χ3v) is 4.44. The molecule has 2 heterocycles. The van der Waals surface area contributed by atoms with Crippen LogP contribution in [0.2, 0.25) is 0 Å². The van der Waals surface area contributed by atoms with Crippen LogP contribution in [0.25, 0.3) is 0 Å². The van der Waals surface area contributed by atoms with Gasteiger partial charge in [-0.1, -0.05) is 0 Å². The first-order valence-electron chi connectivity index (χ1n) is 5.77. The lowest BCUT2D eigenvalue weighted by Gasteiger charge is -2.37. The van der Waals surface area contributed by atoms with Crippen LogP contribution in [0.3, 0.4) is 0 Å². The molecule has 1 aliphatic rings. The van der Waals surface area contributed by atoms with Crippen LogP contribution in [0, 0.1) is 0 Å². The Balaban J connectivity index is 2.04. The minimum atomic E-state index is 0.177. The Morgan fingerprint density at radius 3 is 2.94 bits per heavy atom. The molecule has 0 radical (unpaired) electrons. The molecule has 0 saturated carbocycles. The Bertz CT molecular complexity index is 325. The minimum Gasteiger partial charge on any atom is -0.329 e. The van der Waals surface area contributed by atoms with Gasteiger partial charge in [0.15, 0.2) is 0 Å². The van der Waals surface area contributed by atoms with Gasteiger partial charge in [0.05, 0.1) is 0 Å². The molecule has 4 heteroatoms. The molecule has 1 aliphatic heterocycles. The number of nitrogens with two attached hydrogens (primary N) is 1. The molecule has 2 rings (SSSR count). The molecule has 0 spiro atoms. The molecule has 1 saturated heterocycles. The third-order valence-electron chi connectivity index (χ3n) is 3.71. The topological polar surface area (TPSA) is 32.5 Å². The summed E-state index contributed by atoms with van der Waals surface area (Å²) in [5.41, 5.74) is 7.57. The van der Waals surface area contributed by atoms with Crippen molar-refractivity contribution in [2.45, 2.75) is 18.5 Å². The van der Waals surface area contributed by atoms with Crippen LogP contribution in [-0.4, -0.2) is 49.1 Å². The molecule has 1 aromatic rings. The van der Waals surface area contributed by atoms with Gasteiger partial charge in [-0.15, -0.1) is 0 Å². The molecule has 0 bridgehead atoms. The molecule has 3 nitrogen and oxygen atoms in total. The first kappa shape index (κ1) is 12.0. The molecular weight excluding hydrogens is 218 g/mol. The maximum Gasteiger partial charge on any atom is 0.0470 e. The molecule has 0 aromatic carbocycles. The Kier molecular flexibility index (Phi) is 3.64. The van der Waals surface area contributed by atoms with Crippen LogP contribution < -0.4 is 5.73 Å². The number of likely N-dealkylation sites (N-methyl/N-ethyl adjacent to an activating group) is 2. The number of hydrogen-bond acceptors (Lipinski definition) is 4. The summed E-state index contributed by atoms with van der Waals surface area (Å²) in [6, 6.07) is 2.20. The molecule has 0 aliphatic carbocycles. The fourth-order valence-corrected chi connectivity index (χ4v) is 3.18. The van der Waals surface area contributed by atoms with Crippen molar-refractivity contribution in [2.24, 2.45) is 5.73 Å². The second-order valence-electron chi connectivity index (χ2n) is 4.90. The van der Waals surface area contributed by atoms with Crippen LogP contribution in [0.1, 0.15) is 12.0 Å². The molecule has 16 heavy (non-hydrogen) atoms. The summed E-state index contributed by atoms with van der Waals surface area (Å²) in [6.07, 6.45) is 1.18. The molecular formula is C12H21N3S. The van der Waals surface area contributed by atoms with E-state index in [1.54, 1.807) is 11.3 Å². The van der Waals surface area contributed by atoms with E-state index in [1.807, 2.05) is 0 Å². The minimum absolute atomic E-state index is 0.177. The van der Waals surface area contributed by atoms with E-state index < -0.39 is 0 Å². The number of thiophene rings is 1. The summed E-state index contributed by atoms with van der Waals surface area (Å²) in [5, 5.41) is 4.36. The third kappa shape index (κ3) is 2.30. The number of hydrogen-bond donors (Lipinski definition) is 1. The molecule has 1 atom stereocenters. The van der Waals surface area contributed by atoms with Crippen LogP contribution in [-0.2, 0) is 6.54 Å². The zero-order chi connectivity index (χ0) is 11.6. The highest BCUT2D eigenvalue weighted by molar-refractivity contribution is 7.07. The lowest BCUT2D eigenvalue weighted by Crippen LogP contribution is -2.53. The Morgan fingerprint density at radius 1 is 1.62 bits per heavy atom. The van der Waals surface area contributed by atoms with Gasteiger partial charge in [0, 0.05) is 25.2 Å². The van der Waals surface area contributed by atoms with E-state index in [2.05, 4.69) is 40.7 Å². The van der Waals surface area contributed by atoms with Crippen LogP contribution >= 0.6 is 11.3 Å². The summed E-state index contributed by atoms with van der Waals surface area (Å²) in [5.74, 6) is 0. The predicted molar refractivity (Wildman–Crippen MR) is 69.7 cm³/mol. The summed E-state index contributed by atoms with van der Waals surface area (Å²) in [4.78, 5) is 4.80. The second-order valence-corrected chi connectivity index (χ2v) is 5.68. The van der Waals surface area contributed by atoms with Crippen molar-refractivity contribution in [1.29, 1.82) is 0 Å². The zero-order valence-electron chi connectivity index (χ0n) is 10.1. The quantitative estimate of drug-likeness (QED) is 0.857. The van der Waals surface area contributed by atoms with E-state index in [1.165, 1.54) is 12.0 Å². The molecule has 1 unspecified atom stereocenters. The highest BCUT2D eigenvalue weighted by atomic mass is 32.1. The number of rotatable bonds is 4. The number of likely N-dealkylation sites (tertiary alicyclic amines) is 1. The Labute approximate surface area is 102 Å². The first-order valence-corrected chi connectivity index (χ1v) is 6.71. The van der Waals surface area contributed by atoms with Crippen molar-refractivity contribution in [3.8, 4) is 0 Å². The van der Waals surface area contributed by atoms with Gasteiger partial charge in [0.25, 0.3) is 0 Å². The van der Waals surface area contributed by atoms with Crippen molar-refractivity contribution < 1.29 is 0 Å². The lowest BCUT2D eigenvalue weighted by atomic mass is 9.96. The van der Waals surface area contributed by atoms with Crippen molar-refractivity contribution >= 4 is 11.3 Å². The van der Waals surface area contributed by atoms with E-state index >= 15 is 0 Å². The van der Waals surface area contributed by atoms with Gasteiger partial charge in [0.2, 0.25) is 0 Å². The highest BCUT2D eigenvalue weighted by Crippen LogP contribution is 2.26. The van der Waals surface area contributed by atoms with Crippen molar-refractivity contribution in [1.82, 2.24) is 9.80 Å². The van der Waals surface area contributed by atoms with E-state index in [4.69, 9.17) is 5.73 Å². The van der Waals surface area contributed by atoms with Crippen molar-refractivity contribution in [3.63, 3.8) is 0 Å². The van der Waals surface area contributed by atoms with Crippen LogP contribution in [0.5, 0.6) is 0 Å². The summed E-state index contributed by atoms with van der Waals surface area (Å²) in [6.45, 7) is 4.00. The second kappa shape index (κ2) is 4.84. The zero-order valence-corrected chi connectivity index (χ0v) is 11.0. The maximum absolute atomic E-state index is 6.00. The van der Waals surface area contributed by atoms with Gasteiger partial charge in [0.1, 0.15) is 0 Å². The molecule has 1 aromatic heterocycles. The van der Waals surface area contributed by atoms with E-state index in [-0.39, 0.29) is 5.54 Å². The van der Waals surface area contributed by atoms with Gasteiger partial charge in [-0.25, -0.2) is 0 Å². The van der Waals surface area contributed by atoms with Gasteiger partial charge in [-0.3, -0.25) is 4.90 Å². The van der Waals surface area contributed by atoms with Crippen LogP contribution in [0.4, 0.5) is 0 Å². The van der Waals surface area contributed by atoms with Gasteiger partial charge < -0.3 is 10.6 Å². The Hall–Kier alpha value is -0.420. The normalized spacial score (nSPS) is 26.8. The summed E-state index contributed by atoms with van der Waals surface area (Å²) < 4.78 is 0. The highest BCUT2D eigenvalue weighted by Gasteiger charge is 2.38. The van der Waals surface area contributed by atoms with Gasteiger partial charge >= 0.3 is 0 Å². The van der Waals surface area contributed by atoms with Gasteiger partial charge in [-0.2, -0.15) is 11.3 Å². The van der Waals surface area contributed by atoms with E-state index in [0.717, 1.165) is 26.2 Å². The SMILES string of the molecule is CN1CCC(CN)(N(C)Cc2ccsc2)C1. The van der Waals surface area contributed by atoms with Crippen molar-refractivity contribution in [3.05, 3.63) is 22.4 Å². The monoisotopic (exact) mass is 239 g/mol. The largest absolute Gasteiger partial charge is 0.329 e. The average molecular weight is 239 g/mol.